The molecule has 0 saturated heterocycles. The molecule has 0 fully saturated rings. The van der Waals surface area contributed by atoms with Gasteiger partial charge >= 0.3 is 0 Å². The van der Waals surface area contributed by atoms with Gasteiger partial charge in [0, 0.05) is 17.5 Å². The number of carbonyl (C=O) groups excluding carboxylic acids is 1. The number of hydrogen-bond donors (Lipinski definition) is 0. The number of nitrogens with zero attached hydrogens (tertiary/aromatic N) is 1. The fourth-order valence-corrected chi connectivity index (χ4v) is 4.31. The van der Waals surface area contributed by atoms with Crippen molar-refractivity contribution in [1.29, 1.82) is 0 Å². The summed E-state index contributed by atoms with van der Waals surface area (Å²) in [5.41, 5.74) is 1.93. The molecule has 5 heteroatoms. The van der Waals surface area contributed by atoms with E-state index in [-0.39, 0.29) is 11.7 Å². The summed E-state index contributed by atoms with van der Waals surface area (Å²) in [4.78, 5) is 14.4. The molecule has 25 heavy (non-hydrogen) atoms. The first-order valence-electron chi connectivity index (χ1n) is 8.37. The Morgan fingerprint density at radius 2 is 1.64 bits per heavy atom. The van der Waals surface area contributed by atoms with Gasteiger partial charge in [0.15, 0.2) is 9.84 Å². The number of aryl methyl sites for hydroxylation is 1. The van der Waals surface area contributed by atoms with E-state index in [1.165, 1.54) is 11.0 Å². The van der Waals surface area contributed by atoms with Crippen LogP contribution in [0.3, 0.4) is 0 Å². The van der Waals surface area contributed by atoms with Crippen LogP contribution >= 0.6 is 0 Å². The lowest BCUT2D eigenvalue weighted by atomic mass is 10.1. The molecule has 3 rings (SSSR count). The molecule has 1 aliphatic heterocycles. The number of amides is 1. The molecule has 1 aliphatic rings. The lowest BCUT2D eigenvalue weighted by Gasteiger charge is -2.27. The zero-order valence-corrected chi connectivity index (χ0v) is 14.7. The van der Waals surface area contributed by atoms with Gasteiger partial charge in [-0.05, 0) is 36.6 Å². The maximum absolute atomic E-state index is 12.8. The van der Waals surface area contributed by atoms with Crippen LogP contribution in [-0.4, -0.2) is 26.1 Å². The van der Waals surface area contributed by atoms with Gasteiger partial charge in [-0.25, -0.2) is 8.42 Å². The van der Waals surface area contributed by atoms with Crippen molar-refractivity contribution in [2.24, 2.45) is 0 Å². The van der Waals surface area contributed by atoms with Crippen molar-refractivity contribution < 1.29 is 13.2 Å². The molecule has 1 amide bonds. The van der Waals surface area contributed by atoms with Gasteiger partial charge in [0.1, 0.15) is 0 Å². The minimum atomic E-state index is -3.22. The highest BCUT2D eigenvalue weighted by molar-refractivity contribution is 7.94. The Kier molecular flexibility index (Phi) is 5.34. The largest absolute Gasteiger partial charge is 0.304 e. The second-order valence-corrected chi connectivity index (χ2v) is 8.10. The third-order valence-electron chi connectivity index (χ3n) is 4.24. The molecule has 0 spiro atoms. The van der Waals surface area contributed by atoms with Gasteiger partial charge < -0.3 is 4.90 Å². The number of benzene rings is 2. The first-order valence-corrected chi connectivity index (χ1v) is 10.1. The van der Waals surface area contributed by atoms with Gasteiger partial charge in [-0.15, -0.1) is 0 Å². The Morgan fingerprint density at radius 3 is 2.24 bits per heavy atom. The SMILES string of the molecule is O=C(CCCc1ccccc1)N(c1ccccc1)C1C=CS(=O)(=O)C1. The molecule has 0 radical (unpaired) electrons. The Morgan fingerprint density at radius 1 is 1.00 bits per heavy atom. The zero-order valence-electron chi connectivity index (χ0n) is 13.9. The normalized spacial score (nSPS) is 18.2. The van der Waals surface area contributed by atoms with Crippen LogP contribution in [0.1, 0.15) is 18.4 Å². The average Bonchev–Trinajstić information content (AvgIpc) is 2.96. The molecule has 2 aromatic rings. The number of sulfone groups is 1. The summed E-state index contributed by atoms with van der Waals surface area (Å²) in [6.07, 6.45) is 3.55. The highest BCUT2D eigenvalue weighted by Crippen LogP contribution is 2.24. The molecular weight excluding hydrogens is 334 g/mol. The van der Waals surface area contributed by atoms with Crippen molar-refractivity contribution in [3.8, 4) is 0 Å². The molecular formula is C20H21NO3S. The molecule has 0 bridgehead atoms. The lowest BCUT2D eigenvalue weighted by molar-refractivity contribution is -0.118. The van der Waals surface area contributed by atoms with Crippen LogP contribution in [-0.2, 0) is 21.1 Å². The summed E-state index contributed by atoms with van der Waals surface area (Å²) in [7, 11) is -3.22. The first kappa shape index (κ1) is 17.4. The highest BCUT2D eigenvalue weighted by Gasteiger charge is 2.30. The standard InChI is InChI=1S/C20H21NO3S/c22-20(13-7-10-17-8-3-1-4-9-17)21(18-11-5-2-6-12-18)19-14-15-25(23,24)16-19/h1-6,8-9,11-12,14-15,19H,7,10,13,16H2. The maximum Gasteiger partial charge on any atom is 0.227 e. The van der Waals surface area contributed by atoms with E-state index >= 15 is 0 Å². The van der Waals surface area contributed by atoms with Gasteiger partial charge in [0.2, 0.25) is 5.91 Å². The van der Waals surface area contributed by atoms with Crippen molar-refractivity contribution >= 4 is 21.4 Å². The summed E-state index contributed by atoms with van der Waals surface area (Å²) in [5.74, 6) is -0.0966. The smallest absolute Gasteiger partial charge is 0.227 e. The third kappa shape index (κ3) is 4.57. The summed E-state index contributed by atoms with van der Waals surface area (Å²) >= 11 is 0. The van der Waals surface area contributed by atoms with E-state index in [1.54, 1.807) is 11.0 Å². The molecule has 2 aromatic carbocycles. The van der Waals surface area contributed by atoms with Crippen LogP contribution in [0.5, 0.6) is 0 Å². The molecule has 0 aliphatic carbocycles. The topological polar surface area (TPSA) is 54.5 Å². The highest BCUT2D eigenvalue weighted by atomic mass is 32.2. The fourth-order valence-electron chi connectivity index (χ4n) is 3.04. The summed E-state index contributed by atoms with van der Waals surface area (Å²) in [6.45, 7) is 0. The molecule has 1 unspecified atom stereocenters. The van der Waals surface area contributed by atoms with Crippen LogP contribution < -0.4 is 4.90 Å². The van der Waals surface area contributed by atoms with Crippen LogP contribution in [0.2, 0.25) is 0 Å². The Labute approximate surface area is 148 Å². The Hall–Kier alpha value is -2.40. The zero-order chi connectivity index (χ0) is 17.7. The van der Waals surface area contributed by atoms with Crippen molar-refractivity contribution in [3.63, 3.8) is 0 Å². The molecule has 1 heterocycles. The number of hydrogen-bond acceptors (Lipinski definition) is 3. The van der Waals surface area contributed by atoms with E-state index < -0.39 is 15.9 Å². The van der Waals surface area contributed by atoms with E-state index in [2.05, 4.69) is 0 Å². The lowest BCUT2D eigenvalue weighted by Crippen LogP contribution is -2.41. The van der Waals surface area contributed by atoms with Gasteiger partial charge in [0.05, 0.1) is 11.8 Å². The third-order valence-corrected chi connectivity index (χ3v) is 5.62. The van der Waals surface area contributed by atoms with Crippen LogP contribution in [0.25, 0.3) is 0 Å². The average molecular weight is 355 g/mol. The molecule has 0 N–H and O–H groups in total. The van der Waals surface area contributed by atoms with E-state index in [4.69, 9.17) is 0 Å². The molecule has 130 valence electrons. The summed E-state index contributed by atoms with van der Waals surface area (Å²) in [5, 5.41) is 1.21. The number of anilines is 1. The van der Waals surface area contributed by atoms with Crippen molar-refractivity contribution in [3.05, 3.63) is 77.7 Å². The molecule has 0 saturated carbocycles. The fraction of sp³-hybridized carbons (Fsp3) is 0.250. The van der Waals surface area contributed by atoms with Gasteiger partial charge in [-0.1, -0.05) is 48.5 Å². The maximum atomic E-state index is 12.8. The van der Waals surface area contributed by atoms with E-state index in [1.807, 2.05) is 60.7 Å². The number of carbonyl (C=O) groups is 1. The van der Waals surface area contributed by atoms with Crippen LogP contribution in [0.15, 0.2) is 72.1 Å². The summed E-state index contributed by atoms with van der Waals surface area (Å²) in [6, 6.07) is 18.9. The van der Waals surface area contributed by atoms with Gasteiger partial charge in [-0.3, -0.25) is 4.79 Å². The summed E-state index contributed by atoms with van der Waals surface area (Å²) < 4.78 is 23.5. The van der Waals surface area contributed by atoms with Crippen molar-refractivity contribution in [2.75, 3.05) is 10.7 Å². The first-order chi connectivity index (χ1) is 12.1. The second-order valence-electron chi connectivity index (χ2n) is 6.16. The Balaban J connectivity index is 1.71. The predicted octanol–water partition coefficient (Wildman–Crippen LogP) is 3.35. The van der Waals surface area contributed by atoms with E-state index in [9.17, 15) is 13.2 Å². The van der Waals surface area contributed by atoms with Crippen LogP contribution in [0.4, 0.5) is 5.69 Å². The monoisotopic (exact) mass is 355 g/mol. The second kappa shape index (κ2) is 7.66. The minimum absolute atomic E-state index is 0.0473. The van der Waals surface area contributed by atoms with E-state index in [0.717, 1.165) is 18.5 Å². The predicted molar refractivity (Wildman–Crippen MR) is 100 cm³/mol. The molecule has 0 aromatic heterocycles. The molecule has 1 atom stereocenters. The van der Waals surface area contributed by atoms with Gasteiger partial charge in [-0.2, -0.15) is 0 Å². The van der Waals surface area contributed by atoms with Crippen molar-refractivity contribution in [2.45, 2.75) is 25.3 Å². The van der Waals surface area contributed by atoms with Gasteiger partial charge in [0.25, 0.3) is 0 Å². The quantitative estimate of drug-likeness (QED) is 0.798. The Bertz CT molecular complexity index is 845. The number of rotatable bonds is 6. The van der Waals surface area contributed by atoms with Crippen LogP contribution in [0, 0.1) is 0 Å². The molecule has 4 nitrogen and oxygen atoms in total. The minimum Gasteiger partial charge on any atom is -0.304 e. The number of para-hydroxylation sites is 1. The van der Waals surface area contributed by atoms with Crippen molar-refractivity contribution in [1.82, 2.24) is 0 Å². The van der Waals surface area contributed by atoms with E-state index in [0.29, 0.717) is 6.42 Å².